The molecule has 0 heterocycles. The standard InChI is InChI=1S/C46H82NO8P/c1-6-8-10-12-14-16-18-20-22-23-25-26-28-30-32-34-36-38-45(48)52-42-44(43-54-56(50,51)53-41-40-47(3,4)5)55-46(49)39-37-35-33-31-29-27-24-21-19-17-15-13-11-9-7-2/h14,16-17,19-20,22,25-26,30,32,44H,6-13,15,18,21,23-24,27-29,31,33-43H2,1-5H3/b16-14-,19-17-,22-20-,26-25-,32-30-/t44-/m1/s1. The third-order valence-electron chi connectivity index (χ3n) is 9.01. The second-order valence-electron chi connectivity index (χ2n) is 15.7. The van der Waals surface area contributed by atoms with Crippen molar-refractivity contribution in [1.29, 1.82) is 0 Å². The van der Waals surface area contributed by atoms with Gasteiger partial charge < -0.3 is 27.9 Å². The Morgan fingerprint density at radius 3 is 1.54 bits per heavy atom. The SMILES string of the molecule is CCCCC/C=C\C/C=C\C/C=C\C/C=C\CCCC(=O)OC[C@H](COP(=O)([O-])OCC[N+](C)(C)C)OC(=O)CCCCCCCCC/C=C\CCCCCC. The lowest BCUT2D eigenvalue weighted by atomic mass is 10.1. The Hall–Kier alpha value is -2.29. The largest absolute Gasteiger partial charge is 0.756 e. The molecule has 0 spiro atoms. The molecule has 0 saturated carbocycles. The number of carbonyl (C=O) groups excluding carboxylic acids is 2. The lowest BCUT2D eigenvalue weighted by Crippen LogP contribution is -2.37. The summed E-state index contributed by atoms with van der Waals surface area (Å²) in [6.07, 6.45) is 45.3. The summed E-state index contributed by atoms with van der Waals surface area (Å²) in [7, 11) is 1.13. The van der Waals surface area contributed by atoms with Gasteiger partial charge in [-0.2, -0.15) is 0 Å². The maximum atomic E-state index is 12.7. The average Bonchev–Trinajstić information content (AvgIpc) is 3.15. The van der Waals surface area contributed by atoms with Crippen molar-refractivity contribution in [3.63, 3.8) is 0 Å². The fraction of sp³-hybridized carbons (Fsp3) is 0.739. The van der Waals surface area contributed by atoms with E-state index in [0.717, 1.165) is 51.4 Å². The van der Waals surface area contributed by atoms with Gasteiger partial charge in [-0.25, -0.2) is 0 Å². The van der Waals surface area contributed by atoms with Crippen LogP contribution in [0.5, 0.6) is 0 Å². The summed E-state index contributed by atoms with van der Waals surface area (Å²) in [5.74, 6) is -0.909. The van der Waals surface area contributed by atoms with E-state index in [4.69, 9.17) is 18.5 Å². The number of nitrogens with zero attached hydrogens (tertiary/aromatic N) is 1. The Bertz CT molecular complexity index is 1140. The van der Waals surface area contributed by atoms with E-state index in [1.807, 2.05) is 21.1 Å². The molecule has 0 aliphatic rings. The first kappa shape index (κ1) is 53.7. The van der Waals surface area contributed by atoms with Gasteiger partial charge in [-0.05, 0) is 77.0 Å². The molecular formula is C46H82NO8P. The minimum absolute atomic E-state index is 0.0423. The molecule has 9 nitrogen and oxygen atoms in total. The minimum atomic E-state index is -4.64. The van der Waals surface area contributed by atoms with Crippen LogP contribution in [0, 0.1) is 0 Å². The molecule has 0 aromatic carbocycles. The predicted octanol–water partition coefficient (Wildman–Crippen LogP) is 11.8. The van der Waals surface area contributed by atoms with Crippen LogP contribution in [0.25, 0.3) is 0 Å². The second kappa shape index (κ2) is 38.2. The number of phosphoric ester groups is 1. The van der Waals surface area contributed by atoms with Gasteiger partial charge in [0, 0.05) is 12.8 Å². The van der Waals surface area contributed by atoms with Gasteiger partial charge in [0.15, 0.2) is 6.10 Å². The van der Waals surface area contributed by atoms with Crippen LogP contribution in [0.4, 0.5) is 0 Å². The number of phosphoric acid groups is 1. The molecule has 1 unspecified atom stereocenters. The summed E-state index contributed by atoms with van der Waals surface area (Å²) in [5.41, 5.74) is 0. The molecule has 0 bridgehead atoms. The van der Waals surface area contributed by atoms with Crippen molar-refractivity contribution in [2.75, 3.05) is 47.5 Å². The van der Waals surface area contributed by atoms with E-state index in [1.165, 1.54) is 77.0 Å². The zero-order chi connectivity index (χ0) is 41.4. The number of hydrogen-bond donors (Lipinski definition) is 0. The molecule has 56 heavy (non-hydrogen) atoms. The Labute approximate surface area is 343 Å². The second-order valence-corrected chi connectivity index (χ2v) is 17.1. The summed E-state index contributed by atoms with van der Waals surface area (Å²) in [5, 5.41) is 0. The van der Waals surface area contributed by atoms with E-state index in [1.54, 1.807) is 0 Å². The number of ether oxygens (including phenoxy) is 2. The van der Waals surface area contributed by atoms with E-state index in [2.05, 4.69) is 74.6 Å². The monoisotopic (exact) mass is 808 g/mol. The normalized spacial score (nSPS) is 14.2. The zero-order valence-corrected chi connectivity index (χ0v) is 37.2. The molecule has 0 radical (unpaired) electrons. The summed E-state index contributed by atoms with van der Waals surface area (Å²) < 4.78 is 33.8. The maximum absolute atomic E-state index is 12.7. The van der Waals surface area contributed by atoms with Crippen molar-refractivity contribution < 1.29 is 42.1 Å². The van der Waals surface area contributed by atoms with Gasteiger partial charge in [-0.1, -0.05) is 139 Å². The number of rotatable bonds is 39. The number of quaternary nitrogens is 1. The first-order valence-electron chi connectivity index (χ1n) is 22.0. The van der Waals surface area contributed by atoms with Crippen molar-refractivity contribution >= 4 is 19.8 Å². The van der Waals surface area contributed by atoms with Gasteiger partial charge in [0.2, 0.25) is 0 Å². The molecule has 0 N–H and O–H groups in total. The zero-order valence-electron chi connectivity index (χ0n) is 36.3. The van der Waals surface area contributed by atoms with Gasteiger partial charge in [0.1, 0.15) is 19.8 Å². The molecule has 324 valence electrons. The Kier molecular flexibility index (Phi) is 36.7. The lowest BCUT2D eigenvalue weighted by Gasteiger charge is -2.28. The highest BCUT2D eigenvalue weighted by Gasteiger charge is 2.21. The summed E-state index contributed by atoms with van der Waals surface area (Å²) in [6.45, 7) is 4.10. The Morgan fingerprint density at radius 2 is 0.982 bits per heavy atom. The predicted molar refractivity (Wildman–Crippen MR) is 231 cm³/mol. The van der Waals surface area contributed by atoms with Crippen LogP contribution in [0.1, 0.15) is 168 Å². The van der Waals surface area contributed by atoms with Crippen LogP contribution in [0.2, 0.25) is 0 Å². The topological polar surface area (TPSA) is 111 Å². The van der Waals surface area contributed by atoms with E-state index >= 15 is 0 Å². The van der Waals surface area contributed by atoms with Crippen molar-refractivity contribution in [2.24, 2.45) is 0 Å². The molecule has 0 saturated heterocycles. The summed E-state index contributed by atoms with van der Waals surface area (Å²) in [4.78, 5) is 37.5. The smallest absolute Gasteiger partial charge is 0.306 e. The van der Waals surface area contributed by atoms with E-state index in [-0.39, 0.29) is 26.1 Å². The quantitative estimate of drug-likeness (QED) is 0.0198. The molecule has 0 aliphatic carbocycles. The van der Waals surface area contributed by atoms with E-state index in [9.17, 15) is 19.0 Å². The Morgan fingerprint density at radius 1 is 0.554 bits per heavy atom. The molecule has 2 atom stereocenters. The third kappa shape index (κ3) is 41.3. The molecule has 0 fully saturated rings. The molecule has 0 aliphatic heterocycles. The minimum Gasteiger partial charge on any atom is -0.756 e. The highest BCUT2D eigenvalue weighted by atomic mass is 31.2. The third-order valence-corrected chi connectivity index (χ3v) is 9.97. The van der Waals surface area contributed by atoms with Gasteiger partial charge >= 0.3 is 11.9 Å². The summed E-state index contributed by atoms with van der Waals surface area (Å²) >= 11 is 0. The fourth-order valence-corrected chi connectivity index (χ4v) is 6.25. The lowest BCUT2D eigenvalue weighted by molar-refractivity contribution is -0.870. The van der Waals surface area contributed by atoms with Crippen LogP contribution in [0.15, 0.2) is 60.8 Å². The van der Waals surface area contributed by atoms with Crippen molar-refractivity contribution in [3.05, 3.63) is 60.8 Å². The maximum Gasteiger partial charge on any atom is 0.306 e. The molecule has 0 amide bonds. The van der Waals surface area contributed by atoms with E-state index < -0.39 is 32.5 Å². The van der Waals surface area contributed by atoms with Crippen LogP contribution in [-0.4, -0.2) is 70.0 Å². The van der Waals surface area contributed by atoms with Crippen molar-refractivity contribution in [1.82, 2.24) is 0 Å². The van der Waals surface area contributed by atoms with Gasteiger partial charge in [0.25, 0.3) is 7.82 Å². The molecular weight excluding hydrogens is 725 g/mol. The number of likely N-dealkylation sites (N-methyl/N-ethyl adjacent to an activating group) is 1. The number of carbonyl (C=O) groups is 2. The van der Waals surface area contributed by atoms with Crippen molar-refractivity contribution in [2.45, 2.75) is 174 Å². The van der Waals surface area contributed by atoms with Crippen LogP contribution in [0.3, 0.4) is 0 Å². The van der Waals surface area contributed by atoms with Crippen molar-refractivity contribution in [3.8, 4) is 0 Å². The Balaban J connectivity index is 4.47. The summed E-state index contributed by atoms with van der Waals surface area (Å²) in [6, 6.07) is 0. The van der Waals surface area contributed by atoms with Gasteiger partial charge in [-0.3, -0.25) is 14.2 Å². The van der Waals surface area contributed by atoms with Crippen LogP contribution < -0.4 is 4.89 Å². The molecule has 0 aromatic rings. The van der Waals surface area contributed by atoms with Crippen LogP contribution >= 0.6 is 7.82 Å². The van der Waals surface area contributed by atoms with Gasteiger partial charge in [-0.15, -0.1) is 0 Å². The number of allylic oxidation sites excluding steroid dienone is 10. The molecule has 0 rings (SSSR count). The number of hydrogen-bond acceptors (Lipinski definition) is 8. The number of unbranched alkanes of at least 4 members (excludes halogenated alkanes) is 15. The van der Waals surface area contributed by atoms with Gasteiger partial charge in [0.05, 0.1) is 27.7 Å². The highest BCUT2D eigenvalue weighted by Crippen LogP contribution is 2.38. The highest BCUT2D eigenvalue weighted by molar-refractivity contribution is 7.45. The number of esters is 2. The molecule has 10 heteroatoms. The average molecular weight is 808 g/mol. The van der Waals surface area contributed by atoms with Crippen LogP contribution in [-0.2, 0) is 32.7 Å². The van der Waals surface area contributed by atoms with E-state index in [0.29, 0.717) is 23.9 Å². The first-order chi connectivity index (χ1) is 27.0. The first-order valence-corrected chi connectivity index (χ1v) is 23.5. The fourth-order valence-electron chi connectivity index (χ4n) is 5.52. The molecule has 0 aromatic heterocycles.